The van der Waals surface area contributed by atoms with E-state index in [1.54, 1.807) is 0 Å². The van der Waals surface area contributed by atoms with Crippen LogP contribution in [0.1, 0.15) is 32.6 Å². The average molecular weight is 190 g/mol. The highest BCUT2D eigenvalue weighted by molar-refractivity contribution is 4.99. The predicted molar refractivity (Wildman–Crippen MR) is 57.4 cm³/mol. The summed E-state index contributed by atoms with van der Waals surface area (Å²) >= 11 is 0. The van der Waals surface area contributed by atoms with E-state index in [0.717, 1.165) is 12.3 Å². The van der Waals surface area contributed by atoms with Crippen molar-refractivity contribution in [3.05, 3.63) is 0 Å². The van der Waals surface area contributed by atoms with E-state index in [9.17, 15) is 0 Å². The van der Waals surface area contributed by atoms with E-state index in [0.29, 0.717) is 12.5 Å². The van der Waals surface area contributed by atoms with Crippen LogP contribution in [0.25, 0.3) is 0 Å². The number of nitrogens with zero attached hydrogens (tertiary/aromatic N) is 1. The van der Waals surface area contributed by atoms with Crippen molar-refractivity contribution in [1.29, 1.82) is 5.26 Å². The summed E-state index contributed by atoms with van der Waals surface area (Å²) in [4.78, 5) is 0. The largest absolute Gasteiger partial charge is 0.291 e. The second-order valence-corrected chi connectivity index (χ2v) is 4.22. The summed E-state index contributed by atoms with van der Waals surface area (Å²) in [5.74, 6) is 3.78. The van der Waals surface area contributed by atoms with Gasteiger partial charge in [0.25, 0.3) is 0 Å². The molecule has 0 spiro atoms. The monoisotopic (exact) mass is 190 g/mol. The van der Waals surface area contributed by atoms with Crippen LogP contribution in [-0.2, 0) is 0 Å². The van der Waals surface area contributed by atoms with E-state index in [1.807, 2.05) is 0 Å². The number of terminal acetylenes is 1. The number of nitriles is 1. The molecule has 0 aromatic rings. The first-order valence-electron chi connectivity index (χ1n) is 5.34. The van der Waals surface area contributed by atoms with Gasteiger partial charge in [0.05, 0.1) is 18.7 Å². The van der Waals surface area contributed by atoms with Crippen molar-refractivity contribution >= 4 is 0 Å². The van der Waals surface area contributed by atoms with Gasteiger partial charge in [-0.15, -0.1) is 6.42 Å². The summed E-state index contributed by atoms with van der Waals surface area (Å²) < 4.78 is 0. The molecule has 1 aliphatic carbocycles. The Kier molecular flexibility index (Phi) is 4.50. The van der Waals surface area contributed by atoms with E-state index >= 15 is 0 Å². The van der Waals surface area contributed by atoms with Gasteiger partial charge in [0.1, 0.15) is 0 Å². The van der Waals surface area contributed by atoms with Crippen molar-refractivity contribution < 1.29 is 0 Å². The molecule has 76 valence electrons. The molecule has 0 heterocycles. The summed E-state index contributed by atoms with van der Waals surface area (Å²) in [6.45, 7) is 2.77. The minimum atomic E-state index is -0.0474. The molecule has 1 rings (SSSR count). The molecule has 0 bridgehead atoms. The Morgan fingerprint density at radius 3 is 2.93 bits per heavy atom. The first-order valence-corrected chi connectivity index (χ1v) is 5.34. The van der Waals surface area contributed by atoms with Crippen LogP contribution in [0.5, 0.6) is 0 Å². The van der Waals surface area contributed by atoms with Gasteiger partial charge in [-0.3, -0.25) is 5.32 Å². The van der Waals surface area contributed by atoms with Gasteiger partial charge in [-0.1, -0.05) is 25.7 Å². The van der Waals surface area contributed by atoms with Crippen molar-refractivity contribution in [2.75, 3.05) is 6.54 Å². The lowest BCUT2D eigenvalue weighted by atomic mass is 9.79. The molecule has 2 heteroatoms. The maximum Gasteiger partial charge on any atom is 0.0988 e. The fraction of sp³-hybridized carbons (Fsp3) is 0.750. The maximum atomic E-state index is 9.01. The van der Waals surface area contributed by atoms with Crippen LogP contribution in [-0.4, -0.2) is 12.6 Å². The van der Waals surface area contributed by atoms with E-state index in [4.69, 9.17) is 11.7 Å². The first-order chi connectivity index (χ1) is 6.77. The van der Waals surface area contributed by atoms with E-state index in [2.05, 4.69) is 24.2 Å². The average Bonchev–Trinajstić information content (AvgIpc) is 2.19. The van der Waals surface area contributed by atoms with Crippen molar-refractivity contribution in [3.63, 3.8) is 0 Å². The Morgan fingerprint density at radius 2 is 2.36 bits per heavy atom. The molecule has 0 aromatic carbocycles. The van der Waals surface area contributed by atoms with Gasteiger partial charge in [0, 0.05) is 0 Å². The molecule has 1 N–H and O–H groups in total. The summed E-state index contributed by atoms with van der Waals surface area (Å²) in [5, 5.41) is 12.1. The van der Waals surface area contributed by atoms with Crippen LogP contribution in [0.4, 0.5) is 0 Å². The van der Waals surface area contributed by atoms with Crippen LogP contribution >= 0.6 is 0 Å². The molecule has 0 saturated heterocycles. The van der Waals surface area contributed by atoms with Crippen molar-refractivity contribution in [2.24, 2.45) is 11.8 Å². The molecule has 3 atom stereocenters. The summed E-state index contributed by atoms with van der Waals surface area (Å²) in [6.07, 6.45) is 10.1. The lowest BCUT2D eigenvalue weighted by molar-refractivity contribution is 0.251. The summed E-state index contributed by atoms with van der Waals surface area (Å²) in [5.41, 5.74) is 0. The third-order valence-corrected chi connectivity index (χ3v) is 3.01. The van der Waals surface area contributed by atoms with Gasteiger partial charge in [-0.2, -0.15) is 5.26 Å². The minimum absolute atomic E-state index is 0.0474. The first kappa shape index (κ1) is 11.1. The third kappa shape index (κ3) is 3.05. The number of hydrogen-bond acceptors (Lipinski definition) is 2. The fourth-order valence-corrected chi connectivity index (χ4v) is 2.27. The van der Waals surface area contributed by atoms with Crippen LogP contribution in [0.2, 0.25) is 0 Å². The van der Waals surface area contributed by atoms with Crippen LogP contribution < -0.4 is 5.32 Å². The second-order valence-electron chi connectivity index (χ2n) is 4.22. The molecule has 1 fully saturated rings. The molecule has 1 saturated carbocycles. The molecule has 2 nitrogen and oxygen atoms in total. The Labute approximate surface area is 86.7 Å². The molecule has 0 radical (unpaired) electrons. The van der Waals surface area contributed by atoms with Gasteiger partial charge in [-0.05, 0) is 24.7 Å². The minimum Gasteiger partial charge on any atom is -0.291 e. The number of nitrogens with one attached hydrogen (secondary N) is 1. The Bertz CT molecular complexity index is 246. The smallest absolute Gasteiger partial charge is 0.0988 e. The molecule has 0 aliphatic heterocycles. The topological polar surface area (TPSA) is 35.8 Å². The lowest BCUT2D eigenvalue weighted by Gasteiger charge is -2.29. The third-order valence-electron chi connectivity index (χ3n) is 3.01. The number of rotatable bonds is 3. The Morgan fingerprint density at radius 1 is 1.57 bits per heavy atom. The molecule has 0 aromatic heterocycles. The summed E-state index contributed by atoms with van der Waals surface area (Å²) in [6, 6.07) is 2.27. The van der Waals surface area contributed by atoms with Gasteiger partial charge in [-0.25, -0.2) is 0 Å². The van der Waals surface area contributed by atoms with Crippen molar-refractivity contribution in [2.45, 2.75) is 38.6 Å². The molecular formula is C12H18N2. The van der Waals surface area contributed by atoms with E-state index < -0.39 is 0 Å². The van der Waals surface area contributed by atoms with Crippen LogP contribution in [0, 0.1) is 35.5 Å². The quantitative estimate of drug-likeness (QED) is 0.690. The second kappa shape index (κ2) is 5.68. The standard InChI is InChI=1S/C12H18N2/c1-3-7-14-12(9-13)11-6-4-5-10(2)8-11/h1,10-12,14H,4-8H2,2H3. The van der Waals surface area contributed by atoms with Crippen molar-refractivity contribution in [3.8, 4) is 18.4 Å². The van der Waals surface area contributed by atoms with Gasteiger partial charge < -0.3 is 0 Å². The molecule has 0 amide bonds. The Balaban J connectivity index is 2.44. The fourth-order valence-electron chi connectivity index (χ4n) is 2.27. The zero-order chi connectivity index (χ0) is 10.4. The highest BCUT2D eigenvalue weighted by Gasteiger charge is 2.25. The maximum absolute atomic E-state index is 9.01. The van der Waals surface area contributed by atoms with Crippen molar-refractivity contribution in [1.82, 2.24) is 5.32 Å². The van der Waals surface area contributed by atoms with Gasteiger partial charge in [0.15, 0.2) is 0 Å². The van der Waals surface area contributed by atoms with Crippen LogP contribution in [0.15, 0.2) is 0 Å². The highest BCUT2D eigenvalue weighted by atomic mass is 14.9. The van der Waals surface area contributed by atoms with E-state index in [-0.39, 0.29) is 6.04 Å². The molecule has 3 unspecified atom stereocenters. The normalized spacial score (nSPS) is 28.8. The lowest BCUT2D eigenvalue weighted by Crippen LogP contribution is -2.37. The molecular weight excluding hydrogens is 172 g/mol. The zero-order valence-corrected chi connectivity index (χ0v) is 8.79. The van der Waals surface area contributed by atoms with E-state index in [1.165, 1.54) is 19.3 Å². The van der Waals surface area contributed by atoms with Crippen LogP contribution in [0.3, 0.4) is 0 Å². The number of hydrogen-bond donors (Lipinski definition) is 1. The SMILES string of the molecule is C#CCNC(C#N)C1CCCC(C)C1. The highest BCUT2D eigenvalue weighted by Crippen LogP contribution is 2.30. The zero-order valence-electron chi connectivity index (χ0n) is 8.79. The predicted octanol–water partition coefficient (Wildman–Crippen LogP) is 1.93. The molecule has 14 heavy (non-hydrogen) atoms. The summed E-state index contributed by atoms with van der Waals surface area (Å²) in [7, 11) is 0. The van der Waals surface area contributed by atoms with Gasteiger partial charge >= 0.3 is 0 Å². The molecule has 1 aliphatic rings. The Hall–Kier alpha value is -0.990. The van der Waals surface area contributed by atoms with Gasteiger partial charge in [0.2, 0.25) is 0 Å².